The second-order valence-electron chi connectivity index (χ2n) is 4.91. The van der Waals surface area contributed by atoms with Gasteiger partial charge in [-0.3, -0.25) is 19.7 Å². The lowest BCUT2D eigenvalue weighted by atomic mass is 10.1. The van der Waals surface area contributed by atoms with Gasteiger partial charge in [-0.15, -0.1) is 0 Å². The predicted octanol–water partition coefficient (Wildman–Crippen LogP) is 1.78. The van der Waals surface area contributed by atoms with Crippen molar-refractivity contribution in [1.29, 1.82) is 0 Å². The van der Waals surface area contributed by atoms with Crippen LogP contribution in [0.25, 0.3) is 0 Å². The molecule has 1 aliphatic heterocycles. The molecule has 0 aliphatic carbocycles. The number of rotatable bonds is 3. The van der Waals surface area contributed by atoms with E-state index in [2.05, 4.69) is 15.0 Å². The smallest absolute Gasteiger partial charge is 0.227 e. The van der Waals surface area contributed by atoms with Crippen molar-refractivity contribution in [2.75, 3.05) is 6.54 Å². The topological polar surface area (TPSA) is 59.0 Å². The molecule has 102 valence electrons. The van der Waals surface area contributed by atoms with Gasteiger partial charge in [0.05, 0.1) is 24.4 Å². The van der Waals surface area contributed by atoms with Gasteiger partial charge in [-0.1, -0.05) is 6.07 Å². The van der Waals surface area contributed by atoms with E-state index in [-0.39, 0.29) is 11.9 Å². The highest BCUT2D eigenvalue weighted by atomic mass is 16.2. The van der Waals surface area contributed by atoms with Crippen LogP contribution in [0.4, 0.5) is 0 Å². The molecule has 0 radical (unpaired) electrons. The van der Waals surface area contributed by atoms with Crippen LogP contribution in [-0.2, 0) is 11.2 Å². The lowest BCUT2D eigenvalue weighted by Gasteiger charge is -2.24. The maximum absolute atomic E-state index is 12.4. The average molecular weight is 268 g/mol. The molecule has 3 heterocycles. The van der Waals surface area contributed by atoms with Crippen LogP contribution in [0.15, 0.2) is 43.1 Å². The second kappa shape index (κ2) is 5.77. The zero-order valence-corrected chi connectivity index (χ0v) is 11.1. The Morgan fingerprint density at radius 3 is 2.90 bits per heavy atom. The number of hydrogen-bond acceptors (Lipinski definition) is 4. The monoisotopic (exact) mass is 268 g/mol. The zero-order chi connectivity index (χ0) is 13.8. The van der Waals surface area contributed by atoms with E-state index in [0.29, 0.717) is 6.42 Å². The number of hydrogen-bond donors (Lipinski definition) is 0. The molecule has 20 heavy (non-hydrogen) atoms. The van der Waals surface area contributed by atoms with Crippen molar-refractivity contribution in [2.24, 2.45) is 0 Å². The molecule has 0 aromatic carbocycles. The molecule has 1 fully saturated rings. The van der Waals surface area contributed by atoms with E-state index in [1.54, 1.807) is 31.0 Å². The predicted molar refractivity (Wildman–Crippen MR) is 73.7 cm³/mol. The van der Waals surface area contributed by atoms with Gasteiger partial charge in [0.15, 0.2) is 0 Å². The summed E-state index contributed by atoms with van der Waals surface area (Å²) in [6.07, 6.45) is 10.9. The normalized spacial score (nSPS) is 18.2. The van der Waals surface area contributed by atoms with Crippen molar-refractivity contribution in [3.05, 3.63) is 54.4 Å². The Morgan fingerprint density at radius 2 is 2.15 bits per heavy atom. The highest BCUT2D eigenvalue weighted by Crippen LogP contribution is 2.30. The third kappa shape index (κ3) is 2.66. The maximum atomic E-state index is 12.4. The summed E-state index contributed by atoms with van der Waals surface area (Å²) in [5.41, 5.74) is 1.83. The van der Waals surface area contributed by atoms with Gasteiger partial charge in [-0.05, 0) is 24.5 Å². The van der Waals surface area contributed by atoms with Crippen molar-refractivity contribution in [3.8, 4) is 0 Å². The van der Waals surface area contributed by atoms with Gasteiger partial charge in [-0.25, -0.2) is 0 Å². The first-order valence-electron chi connectivity index (χ1n) is 6.79. The van der Waals surface area contributed by atoms with Crippen LogP contribution < -0.4 is 0 Å². The van der Waals surface area contributed by atoms with Crippen molar-refractivity contribution < 1.29 is 4.79 Å². The molecule has 1 aliphatic rings. The lowest BCUT2D eigenvalue weighted by molar-refractivity contribution is -0.131. The summed E-state index contributed by atoms with van der Waals surface area (Å²) in [7, 11) is 0. The highest BCUT2D eigenvalue weighted by molar-refractivity contribution is 5.79. The number of amides is 1. The van der Waals surface area contributed by atoms with Crippen molar-refractivity contribution in [1.82, 2.24) is 19.9 Å². The molecule has 2 aromatic rings. The van der Waals surface area contributed by atoms with E-state index in [9.17, 15) is 4.79 Å². The number of likely N-dealkylation sites (tertiary alicyclic amines) is 1. The van der Waals surface area contributed by atoms with Gasteiger partial charge in [0, 0.05) is 31.3 Å². The molecule has 0 N–H and O–H groups in total. The van der Waals surface area contributed by atoms with Crippen LogP contribution in [-0.4, -0.2) is 32.3 Å². The molecule has 1 atom stereocenters. The Labute approximate surface area is 117 Å². The number of aromatic nitrogens is 3. The third-order valence-electron chi connectivity index (χ3n) is 3.58. The summed E-state index contributed by atoms with van der Waals surface area (Å²) in [5.74, 6) is 0.131. The Bertz CT molecular complexity index is 573. The van der Waals surface area contributed by atoms with Gasteiger partial charge in [0.25, 0.3) is 0 Å². The molecule has 5 heteroatoms. The largest absolute Gasteiger partial charge is 0.334 e. The number of nitrogens with zero attached hydrogens (tertiary/aromatic N) is 4. The molecule has 2 aromatic heterocycles. The maximum Gasteiger partial charge on any atom is 0.227 e. The third-order valence-corrected chi connectivity index (χ3v) is 3.58. The molecule has 3 rings (SSSR count). The van der Waals surface area contributed by atoms with Crippen molar-refractivity contribution in [2.45, 2.75) is 25.3 Å². The first kappa shape index (κ1) is 12.7. The van der Waals surface area contributed by atoms with Crippen LogP contribution in [0.1, 0.15) is 30.1 Å². The summed E-state index contributed by atoms with van der Waals surface area (Å²) < 4.78 is 0. The minimum Gasteiger partial charge on any atom is -0.334 e. The molecule has 0 spiro atoms. The summed E-state index contributed by atoms with van der Waals surface area (Å²) in [4.78, 5) is 26.8. The molecule has 5 nitrogen and oxygen atoms in total. The van der Waals surface area contributed by atoms with Gasteiger partial charge in [0.1, 0.15) is 0 Å². The fourth-order valence-electron chi connectivity index (χ4n) is 2.63. The van der Waals surface area contributed by atoms with Gasteiger partial charge in [-0.2, -0.15) is 0 Å². The molecule has 1 amide bonds. The van der Waals surface area contributed by atoms with E-state index in [1.165, 1.54) is 0 Å². The van der Waals surface area contributed by atoms with Crippen LogP contribution in [0.3, 0.4) is 0 Å². The lowest BCUT2D eigenvalue weighted by Crippen LogP contribution is -2.32. The summed E-state index contributed by atoms with van der Waals surface area (Å²) in [6, 6.07) is 3.85. The molecular formula is C15H16N4O. The number of pyridine rings is 1. The van der Waals surface area contributed by atoms with E-state index in [0.717, 1.165) is 30.6 Å². The van der Waals surface area contributed by atoms with Crippen molar-refractivity contribution in [3.63, 3.8) is 0 Å². The van der Waals surface area contributed by atoms with E-state index in [4.69, 9.17) is 0 Å². The van der Waals surface area contributed by atoms with E-state index >= 15 is 0 Å². The Morgan fingerprint density at radius 1 is 1.25 bits per heavy atom. The summed E-state index contributed by atoms with van der Waals surface area (Å²) >= 11 is 0. The quantitative estimate of drug-likeness (QED) is 0.851. The highest BCUT2D eigenvalue weighted by Gasteiger charge is 2.30. The summed E-state index contributed by atoms with van der Waals surface area (Å²) in [5, 5.41) is 0. The van der Waals surface area contributed by atoms with Gasteiger partial charge >= 0.3 is 0 Å². The minimum atomic E-state index is 0.0628. The fraction of sp³-hybridized carbons (Fsp3) is 0.333. The van der Waals surface area contributed by atoms with Crippen LogP contribution >= 0.6 is 0 Å². The zero-order valence-electron chi connectivity index (χ0n) is 11.1. The fourth-order valence-corrected chi connectivity index (χ4v) is 2.63. The van der Waals surface area contributed by atoms with Gasteiger partial charge in [0.2, 0.25) is 5.91 Å². The average Bonchev–Trinajstić information content (AvgIpc) is 2.99. The molecule has 0 bridgehead atoms. The van der Waals surface area contributed by atoms with E-state index in [1.807, 2.05) is 17.0 Å². The number of carbonyl (C=O) groups is 1. The molecule has 0 unspecified atom stereocenters. The van der Waals surface area contributed by atoms with Crippen molar-refractivity contribution >= 4 is 5.91 Å². The molecule has 1 saturated heterocycles. The number of carbonyl (C=O) groups excluding carboxylic acids is 1. The molecular weight excluding hydrogens is 252 g/mol. The Balaban J connectivity index is 1.74. The first-order valence-corrected chi connectivity index (χ1v) is 6.79. The Kier molecular flexibility index (Phi) is 3.67. The van der Waals surface area contributed by atoms with E-state index < -0.39 is 0 Å². The van der Waals surface area contributed by atoms with Crippen LogP contribution in [0.2, 0.25) is 0 Å². The van der Waals surface area contributed by atoms with Gasteiger partial charge < -0.3 is 4.90 Å². The standard InChI is InChI=1S/C15H16N4O/c20-15(9-12-3-1-5-16-10-12)19-8-2-4-14(19)13-11-17-6-7-18-13/h1,3,5-7,10-11,14H,2,4,8-9H2/t14-/m0/s1. The summed E-state index contributed by atoms with van der Waals surface area (Å²) in [6.45, 7) is 0.792. The Hall–Kier alpha value is -2.30. The minimum absolute atomic E-state index is 0.0628. The van der Waals surface area contributed by atoms with Crippen LogP contribution in [0, 0.1) is 0 Å². The SMILES string of the molecule is O=C(Cc1cccnc1)N1CCC[C@H]1c1cnccn1. The first-order chi connectivity index (χ1) is 9.84. The molecule has 0 saturated carbocycles. The second-order valence-corrected chi connectivity index (χ2v) is 4.91. The van der Waals surface area contributed by atoms with Crippen LogP contribution in [0.5, 0.6) is 0 Å².